The zero-order valence-electron chi connectivity index (χ0n) is 54.7. The van der Waals surface area contributed by atoms with Gasteiger partial charge in [-0.05, 0) is 184 Å². The van der Waals surface area contributed by atoms with Gasteiger partial charge in [0.25, 0.3) is 23.0 Å². The summed E-state index contributed by atoms with van der Waals surface area (Å²) in [5.41, 5.74) is -20.7. The van der Waals surface area contributed by atoms with Crippen LogP contribution in [0.1, 0.15) is 88.6 Å². The maximum atomic E-state index is 16.0. The lowest BCUT2D eigenvalue weighted by Gasteiger charge is -2.31. The quantitative estimate of drug-likeness (QED) is 0.0437. The molecule has 0 bridgehead atoms. The molecule has 18 nitrogen and oxygen atoms in total. The molecule has 7 aromatic carbocycles. The van der Waals surface area contributed by atoms with Gasteiger partial charge in [-0.15, -0.1) is 26.3 Å². The minimum absolute atomic E-state index is 0.00110. The number of hydrogen-bond donors (Lipinski definition) is 4. The van der Waals surface area contributed by atoms with Gasteiger partial charge in [-0.25, -0.2) is 22.4 Å². The lowest BCUT2D eigenvalue weighted by Crippen LogP contribution is -2.50. The van der Waals surface area contributed by atoms with Crippen molar-refractivity contribution in [2.45, 2.75) is 93.8 Å². The summed E-state index contributed by atoms with van der Waals surface area (Å²) in [6.07, 6.45) is -34.6. The normalized spacial score (nSPS) is 15.6. The number of fused-ring (bicyclic) bond motifs is 3. The van der Waals surface area contributed by atoms with Crippen molar-refractivity contribution in [2.24, 2.45) is 11.8 Å². The molecule has 4 N–H and O–H groups in total. The van der Waals surface area contributed by atoms with Crippen molar-refractivity contribution < 1.29 is 181 Å². The van der Waals surface area contributed by atoms with E-state index in [4.69, 9.17) is 16.7 Å². The van der Waals surface area contributed by atoms with E-state index in [9.17, 15) is 134 Å². The van der Waals surface area contributed by atoms with Crippen molar-refractivity contribution in [3.8, 4) is 46.0 Å². The van der Waals surface area contributed by atoms with Gasteiger partial charge in [0.15, 0.2) is 57.6 Å². The SMILES string of the molecule is O=C(Cl)c1ccc2c(c1)OC(F)(F)O2.O=C(Nc1c(Br)cc(C(F)(C(F)(F)F)C(F)(F)F)cc1OC(F)F)c1cccc(N(CC2CC2)C(=O)c2ccc3c(c2)OC(F)(F)O3)c1F.O=C(Nc1c(Br)cc(C(F)(C(F)(F)F)C(F)(F)F)cc1OC(F)F)c1cccc(NCC2CC2)c1F.O=C(O)c1ccc2c(c1)OC(F)(F)O2. The van der Waals surface area contributed by atoms with Crippen molar-refractivity contribution in [2.75, 3.05) is 33.9 Å². The molecular formula is C66H39Br2ClF26N4O14. The van der Waals surface area contributed by atoms with Gasteiger partial charge in [-0.3, -0.25) is 19.2 Å². The van der Waals surface area contributed by atoms with Gasteiger partial charge >= 0.3 is 74.1 Å². The van der Waals surface area contributed by atoms with E-state index in [0.29, 0.717) is 25.3 Å². The Bertz CT molecular complexity index is 4710. The number of carboxylic acids is 1. The molecule has 2 aliphatic carbocycles. The van der Waals surface area contributed by atoms with Gasteiger partial charge < -0.3 is 63.9 Å². The summed E-state index contributed by atoms with van der Waals surface area (Å²) in [4.78, 5) is 61.5. The van der Waals surface area contributed by atoms with E-state index in [-0.39, 0.29) is 87.9 Å². The maximum absolute atomic E-state index is 16.0. The highest BCUT2D eigenvalue weighted by atomic mass is 79.9. The Hall–Kier alpha value is -10.3. The van der Waals surface area contributed by atoms with Crippen LogP contribution >= 0.6 is 43.5 Å². The first-order chi connectivity index (χ1) is 52.1. The monoisotopic (exact) mass is 1800 g/mol. The third kappa shape index (κ3) is 19.9. The van der Waals surface area contributed by atoms with Gasteiger partial charge in [0.1, 0.15) is 0 Å². The second-order valence-electron chi connectivity index (χ2n) is 23.7. The van der Waals surface area contributed by atoms with E-state index in [0.717, 1.165) is 84.5 Å². The predicted octanol–water partition coefficient (Wildman–Crippen LogP) is 20.8. The minimum atomic E-state index is -6.63. The molecule has 47 heteroatoms. The third-order valence-electron chi connectivity index (χ3n) is 15.7. The molecular weight excluding hydrogens is 1760 g/mol. The number of nitrogens with zero attached hydrogens (tertiary/aromatic N) is 1. The molecule has 610 valence electrons. The number of amides is 3. The van der Waals surface area contributed by atoms with Crippen molar-refractivity contribution in [3.05, 3.63) is 175 Å². The second kappa shape index (κ2) is 32.3. The molecule has 0 unspecified atom stereocenters. The smallest absolute Gasteiger partial charge is 0.478 e. The van der Waals surface area contributed by atoms with E-state index >= 15 is 4.39 Å². The minimum Gasteiger partial charge on any atom is -0.478 e. The van der Waals surface area contributed by atoms with Gasteiger partial charge in [-0.1, -0.05) is 12.1 Å². The van der Waals surface area contributed by atoms with Crippen LogP contribution in [0.5, 0.6) is 46.0 Å². The number of carbonyl (C=O) groups is 5. The number of alkyl halides is 24. The highest BCUT2D eigenvalue weighted by Gasteiger charge is 2.75. The first-order valence-electron chi connectivity index (χ1n) is 30.7. The summed E-state index contributed by atoms with van der Waals surface area (Å²) < 4.78 is 379. The molecule has 3 amide bonds. The van der Waals surface area contributed by atoms with Gasteiger partial charge in [0.05, 0.1) is 39.4 Å². The van der Waals surface area contributed by atoms with Crippen LogP contribution in [-0.4, -0.2) is 104 Å². The second-order valence-corrected chi connectivity index (χ2v) is 25.7. The van der Waals surface area contributed by atoms with E-state index < -0.39 is 174 Å². The highest BCUT2D eigenvalue weighted by Crippen LogP contribution is 2.58. The topological polar surface area (TPSA) is 219 Å². The molecule has 0 atom stereocenters. The number of rotatable bonds is 19. The largest absolute Gasteiger partial charge is 0.586 e. The van der Waals surface area contributed by atoms with Gasteiger partial charge in [-0.2, -0.15) is 70.2 Å². The summed E-state index contributed by atoms with van der Waals surface area (Å²) in [6.45, 7) is -7.40. The average Bonchev–Trinajstić information content (AvgIpc) is 1.62. The number of nitrogens with one attached hydrogen (secondary N) is 3. The molecule has 113 heavy (non-hydrogen) atoms. The molecule has 12 rings (SSSR count). The molecule has 3 heterocycles. The van der Waals surface area contributed by atoms with E-state index in [1.165, 1.54) is 24.3 Å². The Kier molecular flexibility index (Phi) is 24.8. The average molecular weight is 1800 g/mol. The van der Waals surface area contributed by atoms with Crippen LogP contribution < -0.4 is 58.7 Å². The molecule has 5 aliphatic rings. The fraction of sp³-hybridized carbons (Fsp3) is 0.288. The van der Waals surface area contributed by atoms with Crippen molar-refractivity contribution in [1.82, 2.24) is 0 Å². The van der Waals surface area contributed by atoms with Crippen LogP contribution in [0.2, 0.25) is 0 Å². The summed E-state index contributed by atoms with van der Waals surface area (Å²) in [5.74, 6) is -11.8. The Morgan fingerprint density at radius 1 is 0.496 bits per heavy atom. The third-order valence-corrected chi connectivity index (χ3v) is 17.2. The standard InChI is InChI=1S/C29H17BrF12N2O5.C21H15BrF10N2O2.C8H3ClF2O3.C8H4F2O4/c30-16-9-14(26(34,27(35,36)37)28(38,39)40)10-20(47-25(32)33)22(16)43-23(45)15-2-1-3-17(21(15)31)44(11-12-4-5-12)24(46)13-6-7-18-19(8-13)49-29(41,42)48-18;22-12-6-10(19(26,20(27,28)29)21(30,31)32)7-14(36-18(24)25)16(12)34-17(35)11-2-1-3-13(15(11)23)33-8-9-4-5-9;9-7(12)4-1-2-5-6(3-4)14-8(10,11)13-5;9-8(10)13-5-2-1-4(7(11)12)3-6(5)14-8/h1-3,6-10,12,25H,4-5,11H2,(H,43,45);1-3,6-7,9,18,33H,4-5,8H2,(H,34,35);1-3H;1-3H,(H,11,12). The lowest BCUT2D eigenvalue weighted by molar-refractivity contribution is -0.349. The predicted molar refractivity (Wildman–Crippen MR) is 341 cm³/mol. The zero-order chi connectivity index (χ0) is 84.0. The van der Waals surface area contributed by atoms with E-state index in [1.807, 2.05) is 10.6 Å². The van der Waals surface area contributed by atoms with Gasteiger partial charge in [0.2, 0.25) is 0 Å². The van der Waals surface area contributed by atoms with E-state index in [2.05, 4.69) is 75.1 Å². The zero-order valence-corrected chi connectivity index (χ0v) is 58.6. The van der Waals surface area contributed by atoms with Crippen LogP contribution in [0.25, 0.3) is 0 Å². The number of ether oxygens (including phenoxy) is 8. The van der Waals surface area contributed by atoms with Crippen LogP contribution in [0, 0.1) is 23.5 Å². The Morgan fingerprint density at radius 3 is 1.24 bits per heavy atom. The molecule has 2 fully saturated rings. The lowest BCUT2D eigenvalue weighted by atomic mass is 9.93. The summed E-state index contributed by atoms with van der Waals surface area (Å²) in [5, 5.41) is 14.4. The van der Waals surface area contributed by atoms with Crippen LogP contribution in [0.4, 0.5) is 137 Å². The Morgan fingerprint density at radius 2 is 0.858 bits per heavy atom. The van der Waals surface area contributed by atoms with E-state index in [1.54, 1.807) is 0 Å². The molecule has 0 radical (unpaired) electrons. The van der Waals surface area contributed by atoms with Gasteiger partial charge in [0, 0.05) is 44.3 Å². The Balaban J connectivity index is 0.000000197. The number of carboxylic acid groups (broad SMARTS) is 1. The summed E-state index contributed by atoms with van der Waals surface area (Å²) in [7, 11) is 0. The van der Waals surface area contributed by atoms with Crippen LogP contribution in [0.15, 0.2) is 124 Å². The number of anilines is 4. The molecule has 7 aromatic rings. The summed E-state index contributed by atoms with van der Waals surface area (Å²) in [6, 6.07) is 15.8. The maximum Gasteiger partial charge on any atom is 0.586 e. The first-order valence-corrected chi connectivity index (χ1v) is 32.7. The number of aromatic carboxylic acids is 1. The van der Waals surface area contributed by atoms with Crippen molar-refractivity contribution in [3.63, 3.8) is 0 Å². The van der Waals surface area contributed by atoms with Crippen molar-refractivity contribution >= 4 is 95.1 Å². The van der Waals surface area contributed by atoms with Crippen LogP contribution in [-0.2, 0) is 11.3 Å². The van der Waals surface area contributed by atoms with Crippen molar-refractivity contribution in [1.29, 1.82) is 0 Å². The molecule has 2 saturated carbocycles. The fourth-order valence-electron chi connectivity index (χ4n) is 10.1. The first kappa shape index (κ1) is 86.7. The molecule has 3 aliphatic heterocycles. The summed E-state index contributed by atoms with van der Waals surface area (Å²) >= 11 is 10.2. The number of benzene rings is 7. The molecule has 0 aromatic heterocycles. The number of halogens is 29. The van der Waals surface area contributed by atoms with Crippen LogP contribution in [0.3, 0.4) is 0 Å². The Labute approximate surface area is 634 Å². The fourth-order valence-corrected chi connectivity index (χ4v) is 11.3. The number of hydrogen-bond acceptors (Lipinski definition) is 14. The highest BCUT2D eigenvalue weighted by molar-refractivity contribution is 9.11. The molecule has 0 spiro atoms. The molecule has 0 saturated heterocycles. The number of carbonyl (C=O) groups excluding carboxylic acids is 4.